The van der Waals surface area contributed by atoms with Gasteiger partial charge in [0.2, 0.25) is 0 Å². The molecule has 1 N–H and O–H groups in total. The first-order valence-electron chi connectivity index (χ1n) is 6.17. The number of hydrogen-bond acceptors (Lipinski definition) is 4. The second-order valence-electron chi connectivity index (χ2n) is 5.17. The fourth-order valence-electron chi connectivity index (χ4n) is 2.04. The Bertz CT molecular complexity index is 199. The van der Waals surface area contributed by atoms with Crippen molar-refractivity contribution in [3.05, 3.63) is 0 Å². The summed E-state index contributed by atoms with van der Waals surface area (Å²) in [6.45, 7) is 7.67. The molecule has 1 fully saturated rings. The summed E-state index contributed by atoms with van der Waals surface area (Å²) in [6, 6.07) is 0.449. The first-order valence-corrected chi connectivity index (χ1v) is 6.17. The quantitative estimate of drug-likeness (QED) is 0.742. The van der Waals surface area contributed by atoms with Gasteiger partial charge in [0, 0.05) is 25.7 Å². The van der Waals surface area contributed by atoms with Gasteiger partial charge in [0.05, 0.1) is 18.8 Å². The largest absolute Gasteiger partial charge is 0.391 e. The van der Waals surface area contributed by atoms with Crippen molar-refractivity contribution < 1.29 is 9.84 Å². The van der Waals surface area contributed by atoms with Gasteiger partial charge in [-0.1, -0.05) is 0 Å². The molecule has 0 bridgehead atoms. The fourth-order valence-corrected chi connectivity index (χ4v) is 2.04. The Labute approximate surface area is 99.2 Å². The number of nitrogens with zero attached hydrogens (tertiary/aromatic N) is 2. The molecule has 1 saturated heterocycles. The molecule has 0 aromatic heterocycles. The predicted molar refractivity (Wildman–Crippen MR) is 65.6 cm³/mol. The van der Waals surface area contributed by atoms with Crippen LogP contribution < -0.4 is 0 Å². The van der Waals surface area contributed by atoms with Gasteiger partial charge in [-0.05, 0) is 34.4 Å². The normalized spacial score (nSPS) is 26.2. The van der Waals surface area contributed by atoms with Gasteiger partial charge in [-0.2, -0.15) is 0 Å². The number of likely N-dealkylation sites (N-methyl/N-ethyl adjacent to an activating group) is 2. The van der Waals surface area contributed by atoms with Crippen molar-refractivity contribution >= 4 is 0 Å². The summed E-state index contributed by atoms with van der Waals surface area (Å²) in [5.41, 5.74) is 0. The topological polar surface area (TPSA) is 35.9 Å². The average molecular weight is 230 g/mol. The lowest BCUT2D eigenvalue weighted by molar-refractivity contribution is -0.0150. The van der Waals surface area contributed by atoms with Crippen LogP contribution in [0.1, 0.15) is 20.3 Å². The monoisotopic (exact) mass is 230 g/mol. The van der Waals surface area contributed by atoms with E-state index in [1.165, 1.54) is 0 Å². The molecule has 0 amide bonds. The molecule has 16 heavy (non-hydrogen) atoms. The van der Waals surface area contributed by atoms with Crippen LogP contribution in [0.4, 0.5) is 0 Å². The van der Waals surface area contributed by atoms with Crippen molar-refractivity contribution in [2.45, 2.75) is 38.5 Å². The van der Waals surface area contributed by atoms with Crippen LogP contribution in [0.25, 0.3) is 0 Å². The lowest BCUT2D eigenvalue weighted by Gasteiger charge is -2.38. The van der Waals surface area contributed by atoms with Gasteiger partial charge in [-0.15, -0.1) is 0 Å². The molecule has 96 valence electrons. The lowest BCUT2D eigenvalue weighted by Crippen LogP contribution is -2.51. The second kappa shape index (κ2) is 6.55. The van der Waals surface area contributed by atoms with Crippen molar-refractivity contribution in [1.82, 2.24) is 9.80 Å². The van der Waals surface area contributed by atoms with Crippen molar-refractivity contribution in [3.63, 3.8) is 0 Å². The number of aliphatic hydroxyl groups is 1. The Morgan fingerprint density at radius 1 is 1.31 bits per heavy atom. The molecule has 0 spiro atoms. The molecule has 0 aromatic rings. The van der Waals surface area contributed by atoms with Crippen LogP contribution in [0.15, 0.2) is 0 Å². The Hall–Kier alpha value is -0.160. The van der Waals surface area contributed by atoms with E-state index in [-0.39, 0.29) is 12.2 Å². The van der Waals surface area contributed by atoms with E-state index in [1.807, 2.05) is 13.8 Å². The summed E-state index contributed by atoms with van der Waals surface area (Å²) < 4.78 is 5.43. The lowest BCUT2D eigenvalue weighted by atomic mass is 10.1. The molecule has 2 unspecified atom stereocenters. The van der Waals surface area contributed by atoms with E-state index in [9.17, 15) is 5.11 Å². The van der Waals surface area contributed by atoms with Crippen LogP contribution in [0.3, 0.4) is 0 Å². The molecule has 1 aliphatic heterocycles. The van der Waals surface area contributed by atoms with E-state index < -0.39 is 0 Å². The smallest absolute Gasteiger partial charge is 0.0789 e. The van der Waals surface area contributed by atoms with Gasteiger partial charge in [-0.25, -0.2) is 0 Å². The number of hydrogen-bond donors (Lipinski definition) is 1. The Balaban J connectivity index is 2.28. The molecular formula is C12H26N2O2. The third kappa shape index (κ3) is 4.78. The van der Waals surface area contributed by atoms with E-state index >= 15 is 0 Å². The van der Waals surface area contributed by atoms with E-state index in [4.69, 9.17) is 4.74 Å². The molecule has 4 heteroatoms. The highest BCUT2D eigenvalue weighted by Crippen LogP contribution is 2.12. The highest BCUT2D eigenvalue weighted by atomic mass is 16.5. The van der Waals surface area contributed by atoms with Gasteiger partial charge in [-0.3, -0.25) is 0 Å². The van der Waals surface area contributed by atoms with E-state index in [2.05, 4.69) is 23.9 Å². The zero-order chi connectivity index (χ0) is 12.1. The van der Waals surface area contributed by atoms with Crippen LogP contribution in [-0.4, -0.2) is 73.5 Å². The molecule has 0 radical (unpaired) electrons. The molecule has 2 atom stereocenters. The zero-order valence-electron chi connectivity index (χ0n) is 11.0. The van der Waals surface area contributed by atoms with Crippen LogP contribution in [0, 0.1) is 0 Å². The summed E-state index contributed by atoms with van der Waals surface area (Å²) >= 11 is 0. The standard InChI is InChI=1S/C12H26N2O2/c1-10(2)16-9-12(15)7-11-8-13(3)5-6-14(11)4/h10-12,15H,5-9H2,1-4H3. The van der Waals surface area contributed by atoms with Gasteiger partial charge >= 0.3 is 0 Å². The second-order valence-corrected chi connectivity index (χ2v) is 5.17. The van der Waals surface area contributed by atoms with Crippen LogP contribution in [0.5, 0.6) is 0 Å². The van der Waals surface area contributed by atoms with E-state index in [0.717, 1.165) is 26.1 Å². The number of aliphatic hydroxyl groups excluding tert-OH is 1. The maximum absolute atomic E-state index is 9.88. The summed E-state index contributed by atoms with van der Waals surface area (Å²) in [6.07, 6.45) is 0.649. The van der Waals surface area contributed by atoms with Crippen LogP contribution >= 0.6 is 0 Å². The molecule has 0 aliphatic carbocycles. The van der Waals surface area contributed by atoms with Gasteiger partial charge in [0.1, 0.15) is 0 Å². The fraction of sp³-hybridized carbons (Fsp3) is 1.00. The average Bonchev–Trinajstić information content (AvgIpc) is 2.20. The summed E-state index contributed by atoms with van der Waals surface area (Å²) in [7, 11) is 4.27. The highest BCUT2D eigenvalue weighted by Gasteiger charge is 2.24. The van der Waals surface area contributed by atoms with Gasteiger partial charge in [0.25, 0.3) is 0 Å². The first kappa shape index (κ1) is 13.9. The Kier molecular flexibility index (Phi) is 5.69. The summed E-state index contributed by atoms with van der Waals surface area (Å²) in [5, 5.41) is 9.88. The van der Waals surface area contributed by atoms with Crippen molar-refractivity contribution in [1.29, 1.82) is 0 Å². The Morgan fingerprint density at radius 3 is 2.62 bits per heavy atom. The van der Waals surface area contributed by atoms with Gasteiger partial charge < -0.3 is 19.6 Å². The third-order valence-corrected chi connectivity index (χ3v) is 3.15. The molecule has 1 aliphatic rings. The predicted octanol–water partition coefficient (Wildman–Crippen LogP) is 0.408. The zero-order valence-corrected chi connectivity index (χ0v) is 11.0. The molecule has 0 aromatic carbocycles. The maximum atomic E-state index is 9.88. The molecule has 1 rings (SSSR count). The highest BCUT2D eigenvalue weighted by molar-refractivity contribution is 4.80. The molecular weight excluding hydrogens is 204 g/mol. The minimum atomic E-state index is -0.346. The van der Waals surface area contributed by atoms with Crippen molar-refractivity contribution in [2.24, 2.45) is 0 Å². The van der Waals surface area contributed by atoms with Crippen LogP contribution in [0.2, 0.25) is 0 Å². The summed E-state index contributed by atoms with van der Waals surface area (Å²) in [5.74, 6) is 0. The van der Waals surface area contributed by atoms with Crippen molar-refractivity contribution in [3.8, 4) is 0 Å². The number of ether oxygens (including phenoxy) is 1. The van der Waals surface area contributed by atoms with Gasteiger partial charge in [0.15, 0.2) is 0 Å². The minimum Gasteiger partial charge on any atom is -0.391 e. The molecule has 1 heterocycles. The minimum absolute atomic E-state index is 0.196. The summed E-state index contributed by atoms with van der Waals surface area (Å²) in [4.78, 5) is 4.65. The number of rotatable bonds is 5. The third-order valence-electron chi connectivity index (χ3n) is 3.15. The van der Waals surface area contributed by atoms with Crippen LogP contribution in [-0.2, 0) is 4.74 Å². The molecule has 4 nitrogen and oxygen atoms in total. The number of piperazine rings is 1. The van der Waals surface area contributed by atoms with E-state index in [1.54, 1.807) is 0 Å². The molecule has 0 saturated carbocycles. The first-order chi connectivity index (χ1) is 7.49. The van der Waals surface area contributed by atoms with Crippen molar-refractivity contribution in [2.75, 3.05) is 40.3 Å². The van der Waals surface area contributed by atoms with E-state index in [0.29, 0.717) is 12.6 Å². The Morgan fingerprint density at radius 2 is 2.00 bits per heavy atom. The maximum Gasteiger partial charge on any atom is 0.0789 e. The SMILES string of the molecule is CC(C)OCC(O)CC1CN(C)CCN1C.